The zero-order valence-corrected chi connectivity index (χ0v) is 8.61. The van der Waals surface area contributed by atoms with Gasteiger partial charge in [-0.2, -0.15) is 0 Å². The van der Waals surface area contributed by atoms with Crippen molar-refractivity contribution in [2.75, 3.05) is 7.11 Å². The Morgan fingerprint density at radius 1 is 1.29 bits per heavy atom. The lowest BCUT2D eigenvalue weighted by Gasteiger charge is -2.10. The molecular formula is C11H14O3. The Hall–Kier alpha value is -1.19. The third kappa shape index (κ3) is 2.65. The predicted octanol–water partition coefficient (Wildman–Crippen LogP) is 2.53. The van der Waals surface area contributed by atoms with Crippen molar-refractivity contribution < 1.29 is 14.6 Å². The maximum Gasteiger partial charge on any atom is 0.159 e. The highest BCUT2D eigenvalue weighted by atomic mass is 17.2. The minimum Gasteiger partial charge on any atom is -0.295 e. The van der Waals surface area contributed by atoms with Gasteiger partial charge in [-0.05, 0) is 19.4 Å². The number of benzene rings is 1. The number of carbonyl (C=O) groups is 1. The molecule has 3 nitrogen and oxygen atoms in total. The highest BCUT2D eigenvalue weighted by Gasteiger charge is 2.06. The number of ketones is 1. The molecule has 0 radical (unpaired) electrons. The van der Waals surface area contributed by atoms with E-state index in [4.69, 9.17) is 4.89 Å². The molecule has 1 unspecified atom stereocenters. The van der Waals surface area contributed by atoms with Crippen molar-refractivity contribution in [3.05, 3.63) is 35.4 Å². The van der Waals surface area contributed by atoms with Crippen LogP contribution in [0.25, 0.3) is 0 Å². The van der Waals surface area contributed by atoms with Gasteiger partial charge in [0.25, 0.3) is 0 Å². The minimum atomic E-state index is -0.124. The maximum atomic E-state index is 11.0. The van der Waals surface area contributed by atoms with Gasteiger partial charge in [-0.1, -0.05) is 24.3 Å². The van der Waals surface area contributed by atoms with E-state index in [1.165, 1.54) is 7.11 Å². The van der Waals surface area contributed by atoms with Crippen molar-refractivity contribution in [3.8, 4) is 0 Å². The molecule has 0 aliphatic heterocycles. The van der Waals surface area contributed by atoms with Gasteiger partial charge in [0.05, 0.1) is 7.11 Å². The van der Waals surface area contributed by atoms with Crippen LogP contribution >= 0.6 is 0 Å². The van der Waals surface area contributed by atoms with Gasteiger partial charge >= 0.3 is 0 Å². The third-order valence-electron chi connectivity index (χ3n) is 2.03. The van der Waals surface area contributed by atoms with Crippen molar-refractivity contribution in [3.63, 3.8) is 0 Å². The van der Waals surface area contributed by atoms with Crippen LogP contribution in [0.3, 0.4) is 0 Å². The molecule has 76 valence electrons. The maximum absolute atomic E-state index is 11.0. The van der Waals surface area contributed by atoms with E-state index in [1.54, 1.807) is 19.1 Å². The van der Waals surface area contributed by atoms with Crippen molar-refractivity contribution in [1.29, 1.82) is 0 Å². The standard InChI is InChI=1S/C11H14O3/c1-8(12)10-4-6-11(7-5-10)9(2)14-13-3/h4-7,9H,1-3H3. The smallest absolute Gasteiger partial charge is 0.159 e. The molecule has 1 aromatic rings. The molecule has 0 aromatic heterocycles. The fraction of sp³-hybridized carbons (Fsp3) is 0.364. The van der Waals surface area contributed by atoms with Crippen LogP contribution in [-0.2, 0) is 9.78 Å². The largest absolute Gasteiger partial charge is 0.295 e. The Kier molecular flexibility index (Phi) is 3.80. The van der Waals surface area contributed by atoms with E-state index < -0.39 is 0 Å². The number of hydrogen-bond donors (Lipinski definition) is 0. The molecule has 0 bridgehead atoms. The number of Topliss-reactive ketones (excluding diaryl/α,β-unsaturated/α-hetero) is 1. The van der Waals surface area contributed by atoms with E-state index in [0.717, 1.165) is 5.56 Å². The monoisotopic (exact) mass is 194 g/mol. The second-order valence-electron chi connectivity index (χ2n) is 3.08. The molecule has 0 spiro atoms. The van der Waals surface area contributed by atoms with Gasteiger partial charge in [0.15, 0.2) is 5.78 Å². The lowest BCUT2D eigenvalue weighted by atomic mass is 10.1. The zero-order chi connectivity index (χ0) is 10.6. The lowest BCUT2D eigenvalue weighted by Crippen LogP contribution is -1.99. The Morgan fingerprint density at radius 2 is 1.86 bits per heavy atom. The summed E-state index contributed by atoms with van der Waals surface area (Å²) in [6, 6.07) is 7.29. The normalized spacial score (nSPS) is 12.5. The fourth-order valence-corrected chi connectivity index (χ4v) is 1.19. The average molecular weight is 194 g/mol. The summed E-state index contributed by atoms with van der Waals surface area (Å²) in [5.74, 6) is 0.0665. The summed E-state index contributed by atoms with van der Waals surface area (Å²) >= 11 is 0. The Balaban J connectivity index is 2.77. The van der Waals surface area contributed by atoms with Gasteiger partial charge in [-0.25, -0.2) is 9.78 Å². The minimum absolute atomic E-state index is 0.0665. The molecule has 0 fully saturated rings. The third-order valence-corrected chi connectivity index (χ3v) is 2.03. The molecule has 0 saturated carbocycles. The van der Waals surface area contributed by atoms with Gasteiger partial charge in [0.1, 0.15) is 6.10 Å². The van der Waals surface area contributed by atoms with Gasteiger partial charge in [0, 0.05) is 5.56 Å². The van der Waals surface area contributed by atoms with Gasteiger partial charge in [-0.15, -0.1) is 0 Å². The first kappa shape index (κ1) is 10.9. The SMILES string of the molecule is COOC(C)c1ccc(C(C)=O)cc1. The second kappa shape index (κ2) is 4.88. The molecule has 0 heterocycles. The molecule has 1 rings (SSSR count). The Morgan fingerprint density at radius 3 is 2.29 bits per heavy atom. The van der Waals surface area contributed by atoms with Gasteiger partial charge in [-0.3, -0.25) is 4.79 Å². The number of rotatable bonds is 4. The summed E-state index contributed by atoms with van der Waals surface area (Å²) in [7, 11) is 1.47. The van der Waals surface area contributed by atoms with Crippen molar-refractivity contribution in [1.82, 2.24) is 0 Å². The van der Waals surface area contributed by atoms with E-state index in [-0.39, 0.29) is 11.9 Å². The predicted molar refractivity (Wildman–Crippen MR) is 53.0 cm³/mol. The molecule has 0 aliphatic rings. The molecular weight excluding hydrogens is 180 g/mol. The van der Waals surface area contributed by atoms with Crippen LogP contribution < -0.4 is 0 Å². The molecule has 14 heavy (non-hydrogen) atoms. The molecule has 1 aromatic carbocycles. The Labute approximate surface area is 83.6 Å². The molecule has 1 atom stereocenters. The van der Waals surface area contributed by atoms with Crippen LogP contribution in [0.1, 0.15) is 35.9 Å². The van der Waals surface area contributed by atoms with Crippen LogP contribution in [-0.4, -0.2) is 12.9 Å². The summed E-state index contributed by atoms with van der Waals surface area (Å²) in [6.07, 6.45) is -0.124. The van der Waals surface area contributed by atoms with E-state index in [9.17, 15) is 4.79 Å². The van der Waals surface area contributed by atoms with E-state index in [0.29, 0.717) is 5.56 Å². The topological polar surface area (TPSA) is 35.5 Å². The van der Waals surface area contributed by atoms with E-state index in [1.807, 2.05) is 19.1 Å². The first-order valence-electron chi connectivity index (χ1n) is 4.45. The number of carbonyl (C=O) groups excluding carboxylic acids is 1. The van der Waals surface area contributed by atoms with Crippen LogP contribution in [0.5, 0.6) is 0 Å². The summed E-state index contributed by atoms with van der Waals surface area (Å²) in [5, 5.41) is 0. The van der Waals surface area contributed by atoms with Gasteiger partial charge < -0.3 is 0 Å². The van der Waals surface area contributed by atoms with Crippen LogP contribution in [0.4, 0.5) is 0 Å². The quantitative estimate of drug-likeness (QED) is 0.419. The molecule has 0 N–H and O–H groups in total. The summed E-state index contributed by atoms with van der Waals surface area (Å²) in [6.45, 7) is 3.43. The lowest BCUT2D eigenvalue weighted by molar-refractivity contribution is -0.303. The van der Waals surface area contributed by atoms with Crippen LogP contribution in [0.15, 0.2) is 24.3 Å². The van der Waals surface area contributed by atoms with Crippen molar-refractivity contribution in [2.45, 2.75) is 20.0 Å². The van der Waals surface area contributed by atoms with Crippen LogP contribution in [0.2, 0.25) is 0 Å². The first-order valence-corrected chi connectivity index (χ1v) is 4.45. The van der Waals surface area contributed by atoms with E-state index in [2.05, 4.69) is 4.89 Å². The van der Waals surface area contributed by atoms with Crippen LogP contribution in [0, 0.1) is 0 Å². The first-order chi connectivity index (χ1) is 6.65. The summed E-state index contributed by atoms with van der Waals surface area (Å²) < 4.78 is 0. The molecule has 0 aliphatic carbocycles. The Bertz CT molecular complexity index is 303. The second-order valence-corrected chi connectivity index (χ2v) is 3.08. The fourth-order valence-electron chi connectivity index (χ4n) is 1.19. The molecule has 0 amide bonds. The van der Waals surface area contributed by atoms with E-state index >= 15 is 0 Å². The highest BCUT2D eigenvalue weighted by Crippen LogP contribution is 2.17. The summed E-state index contributed by atoms with van der Waals surface area (Å²) in [4.78, 5) is 20.5. The zero-order valence-electron chi connectivity index (χ0n) is 8.61. The van der Waals surface area contributed by atoms with Crippen molar-refractivity contribution in [2.24, 2.45) is 0 Å². The highest BCUT2D eigenvalue weighted by molar-refractivity contribution is 5.93. The van der Waals surface area contributed by atoms with Crippen molar-refractivity contribution >= 4 is 5.78 Å². The summed E-state index contributed by atoms with van der Waals surface area (Å²) in [5.41, 5.74) is 1.69. The molecule has 3 heteroatoms. The molecule has 0 saturated heterocycles. The van der Waals surface area contributed by atoms with Gasteiger partial charge in [0.2, 0.25) is 0 Å². The average Bonchev–Trinajstić information content (AvgIpc) is 2.18. The number of hydrogen-bond acceptors (Lipinski definition) is 3.